The number of hydrogen-bond donors (Lipinski definition) is 1. The van der Waals surface area contributed by atoms with E-state index in [4.69, 9.17) is 5.73 Å². The van der Waals surface area contributed by atoms with Gasteiger partial charge in [-0.15, -0.1) is 10.2 Å². The van der Waals surface area contributed by atoms with Crippen LogP contribution in [0.4, 0.5) is 5.13 Å². The Morgan fingerprint density at radius 3 is 3.00 bits per heavy atom. The fourth-order valence-electron chi connectivity index (χ4n) is 2.17. The third-order valence-electron chi connectivity index (χ3n) is 3.09. The first kappa shape index (κ1) is 11.8. The van der Waals surface area contributed by atoms with E-state index in [-0.39, 0.29) is 0 Å². The molecule has 1 fully saturated rings. The summed E-state index contributed by atoms with van der Waals surface area (Å²) in [5.41, 5.74) is 5.57. The van der Waals surface area contributed by atoms with Crippen molar-refractivity contribution in [3.63, 3.8) is 0 Å². The van der Waals surface area contributed by atoms with Gasteiger partial charge in [0.25, 0.3) is 0 Å². The topological polar surface area (TPSA) is 58.3 Å². The standard InChI is InChI=1S/C10H19N5S/c1-14-5-3-4-8(6-14)15(2)7-9-12-13-10(11)16-9/h8H,3-7H2,1-2H3,(H2,11,13). The lowest BCUT2D eigenvalue weighted by atomic mass is 10.1. The minimum Gasteiger partial charge on any atom is -0.374 e. The van der Waals surface area contributed by atoms with Crippen molar-refractivity contribution in [3.05, 3.63) is 5.01 Å². The van der Waals surface area contributed by atoms with E-state index in [2.05, 4.69) is 34.1 Å². The lowest BCUT2D eigenvalue weighted by Gasteiger charge is -2.35. The molecule has 90 valence electrons. The summed E-state index contributed by atoms with van der Waals surface area (Å²) in [4.78, 5) is 4.74. The maximum atomic E-state index is 5.57. The van der Waals surface area contributed by atoms with Gasteiger partial charge in [-0.3, -0.25) is 4.90 Å². The molecule has 0 radical (unpaired) electrons. The fraction of sp³-hybridized carbons (Fsp3) is 0.800. The highest BCUT2D eigenvalue weighted by atomic mass is 32.1. The maximum absolute atomic E-state index is 5.57. The van der Waals surface area contributed by atoms with Crippen LogP contribution in [0.5, 0.6) is 0 Å². The van der Waals surface area contributed by atoms with Crippen molar-refractivity contribution in [1.82, 2.24) is 20.0 Å². The number of nitrogen functional groups attached to an aromatic ring is 1. The number of rotatable bonds is 3. The zero-order chi connectivity index (χ0) is 11.5. The van der Waals surface area contributed by atoms with Crippen LogP contribution in [0.2, 0.25) is 0 Å². The molecule has 2 heterocycles. The van der Waals surface area contributed by atoms with Crippen molar-refractivity contribution in [1.29, 1.82) is 0 Å². The zero-order valence-electron chi connectivity index (χ0n) is 9.89. The maximum Gasteiger partial charge on any atom is 0.203 e. The van der Waals surface area contributed by atoms with Crippen LogP contribution >= 0.6 is 11.3 Å². The van der Waals surface area contributed by atoms with Gasteiger partial charge in [-0.1, -0.05) is 11.3 Å². The molecule has 0 spiro atoms. The monoisotopic (exact) mass is 241 g/mol. The van der Waals surface area contributed by atoms with E-state index in [0.717, 1.165) is 18.1 Å². The normalized spacial score (nSPS) is 22.8. The Bertz CT molecular complexity index is 340. The largest absolute Gasteiger partial charge is 0.374 e. The molecular formula is C10H19N5S. The lowest BCUT2D eigenvalue weighted by Crippen LogP contribution is -2.44. The number of likely N-dealkylation sites (tertiary alicyclic amines) is 1. The molecule has 1 aromatic rings. The minimum atomic E-state index is 0.559. The highest BCUT2D eigenvalue weighted by molar-refractivity contribution is 7.15. The third kappa shape index (κ3) is 2.90. The van der Waals surface area contributed by atoms with Gasteiger partial charge >= 0.3 is 0 Å². The molecular weight excluding hydrogens is 222 g/mol. The summed E-state index contributed by atoms with van der Waals surface area (Å²) in [7, 11) is 4.34. The van der Waals surface area contributed by atoms with Crippen LogP contribution in [0.15, 0.2) is 0 Å². The smallest absolute Gasteiger partial charge is 0.203 e. The van der Waals surface area contributed by atoms with Crippen molar-refractivity contribution < 1.29 is 0 Å². The average Bonchev–Trinajstić information content (AvgIpc) is 2.64. The predicted molar refractivity (Wildman–Crippen MR) is 66.3 cm³/mol. The number of likely N-dealkylation sites (N-methyl/N-ethyl adjacent to an activating group) is 2. The summed E-state index contributed by atoms with van der Waals surface area (Å²) in [5.74, 6) is 0. The molecule has 6 heteroatoms. The van der Waals surface area contributed by atoms with Crippen LogP contribution in [-0.4, -0.2) is 53.2 Å². The number of anilines is 1. The second-order valence-electron chi connectivity index (χ2n) is 4.51. The van der Waals surface area contributed by atoms with Crippen molar-refractivity contribution in [2.45, 2.75) is 25.4 Å². The second kappa shape index (κ2) is 5.07. The van der Waals surface area contributed by atoms with Gasteiger partial charge in [0.2, 0.25) is 5.13 Å². The van der Waals surface area contributed by atoms with Crippen molar-refractivity contribution in [2.75, 3.05) is 32.9 Å². The Labute approximate surface area is 100 Å². The van der Waals surface area contributed by atoms with Gasteiger partial charge in [0.1, 0.15) is 5.01 Å². The van der Waals surface area contributed by atoms with Crippen LogP contribution in [-0.2, 0) is 6.54 Å². The van der Waals surface area contributed by atoms with Gasteiger partial charge < -0.3 is 10.6 Å². The molecule has 16 heavy (non-hydrogen) atoms. The van der Waals surface area contributed by atoms with E-state index in [1.165, 1.54) is 30.7 Å². The molecule has 1 atom stereocenters. The number of aromatic nitrogens is 2. The van der Waals surface area contributed by atoms with Gasteiger partial charge in [0.05, 0.1) is 6.54 Å². The molecule has 1 aliphatic rings. The van der Waals surface area contributed by atoms with Crippen LogP contribution in [0.3, 0.4) is 0 Å². The molecule has 1 aliphatic heterocycles. The molecule has 0 saturated carbocycles. The average molecular weight is 241 g/mol. The molecule has 2 rings (SSSR count). The lowest BCUT2D eigenvalue weighted by molar-refractivity contribution is 0.129. The van der Waals surface area contributed by atoms with Crippen LogP contribution in [0, 0.1) is 0 Å². The molecule has 2 N–H and O–H groups in total. The Kier molecular flexibility index (Phi) is 3.73. The van der Waals surface area contributed by atoms with Crippen molar-refractivity contribution in [2.24, 2.45) is 0 Å². The Morgan fingerprint density at radius 2 is 2.38 bits per heavy atom. The second-order valence-corrected chi connectivity index (χ2v) is 5.60. The van der Waals surface area contributed by atoms with E-state index in [1.807, 2.05) is 0 Å². The summed E-state index contributed by atoms with van der Waals surface area (Å²) < 4.78 is 0. The summed E-state index contributed by atoms with van der Waals surface area (Å²) in [6.45, 7) is 3.22. The number of nitrogens with two attached hydrogens (primary N) is 1. The molecule has 0 amide bonds. The highest BCUT2D eigenvalue weighted by Crippen LogP contribution is 2.18. The number of nitrogens with zero attached hydrogens (tertiary/aromatic N) is 4. The van der Waals surface area contributed by atoms with E-state index in [0.29, 0.717) is 11.2 Å². The molecule has 1 saturated heterocycles. The van der Waals surface area contributed by atoms with Crippen LogP contribution in [0.1, 0.15) is 17.8 Å². The van der Waals surface area contributed by atoms with E-state index in [1.54, 1.807) is 0 Å². The quantitative estimate of drug-likeness (QED) is 0.842. The fourth-order valence-corrected chi connectivity index (χ4v) is 2.84. The molecule has 1 aromatic heterocycles. The molecule has 0 bridgehead atoms. The van der Waals surface area contributed by atoms with E-state index >= 15 is 0 Å². The molecule has 0 aliphatic carbocycles. The van der Waals surface area contributed by atoms with Crippen molar-refractivity contribution in [3.8, 4) is 0 Å². The van der Waals surface area contributed by atoms with Crippen LogP contribution in [0.25, 0.3) is 0 Å². The first-order chi connectivity index (χ1) is 7.65. The van der Waals surface area contributed by atoms with Gasteiger partial charge in [-0.05, 0) is 33.5 Å². The van der Waals surface area contributed by atoms with Crippen molar-refractivity contribution >= 4 is 16.5 Å². The number of hydrogen-bond acceptors (Lipinski definition) is 6. The molecule has 0 aromatic carbocycles. The first-order valence-corrected chi connectivity index (χ1v) is 6.43. The van der Waals surface area contributed by atoms with Crippen LogP contribution < -0.4 is 5.73 Å². The Hall–Kier alpha value is -0.720. The Morgan fingerprint density at radius 1 is 1.56 bits per heavy atom. The van der Waals surface area contributed by atoms with E-state index < -0.39 is 0 Å². The summed E-state index contributed by atoms with van der Waals surface area (Å²) in [6.07, 6.45) is 2.55. The minimum absolute atomic E-state index is 0.559. The van der Waals surface area contributed by atoms with E-state index in [9.17, 15) is 0 Å². The van der Waals surface area contributed by atoms with Gasteiger partial charge in [0, 0.05) is 12.6 Å². The zero-order valence-corrected chi connectivity index (χ0v) is 10.7. The Balaban J connectivity index is 1.89. The third-order valence-corrected chi connectivity index (χ3v) is 3.83. The highest BCUT2D eigenvalue weighted by Gasteiger charge is 2.21. The summed E-state index contributed by atoms with van der Waals surface area (Å²) in [5, 5.41) is 9.46. The SMILES string of the molecule is CN1CCCC(N(C)Cc2nnc(N)s2)C1. The predicted octanol–water partition coefficient (Wildman–Crippen LogP) is 0.646. The van der Waals surface area contributed by atoms with Gasteiger partial charge in [0.15, 0.2) is 0 Å². The summed E-state index contributed by atoms with van der Waals surface area (Å²) in [6, 6.07) is 0.629. The van der Waals surface area contributed by atoms with Gasteiger partial charge in [-0.2, -0.15) is 0 Å². The van der Waals surface area contributed by atoms with Gasteiger partial charge in [-0.25, -0.2) is 0 Å². The molecule has 1 unspecified atom stereocenters. The molecule has 5 nitrogen and oxygen atoms in total. The number of piperidine rings is 1. The summed E-state index contributed by atoms with van der Waals surface area (Å²) >= 11 is 1.48. The first-order valence-electron chi connectivity index (χ1n) is 5.62.